The van der Waals surface area contributed by atoms with Crippen molar-refractivity contribution in [1.29, 1.82) is 0 Å². The maximum atomic E-state index is 13.0. The summed E-state index contributed by atoms with van der Waals surface area (Å²) in [6, 6.07) is 7.01. The number of ketones is 1. The minimum atomic E-state index is -0.705. The van der Waals surface area contributed by atoms with Crippen LogP contribution in [0.5, 0.6) is 0 Å². The topological polar surface area (TPSA) is 66.8 Å². The number of β-amino-alcohol motifs (C(OH)–C–C–N with tert-alkyl or cyclic N) is 1. The van der Waals surface area contributed by atoms with Crippen LogP contribution in [0.3, 0.4) is 0 Å². The first-order valence-corrected chi connectivity index (χ1v) is 11.0. The lowest BCUT2D eigenvalue weighted by Crippen LogP contribution is -2.43. The summed E-state index contributed by atoms with van der Waals surface area (Å²) in [5, 5.41) is 10.0. The Morgan fingerprint density at radius 3 is 2.31 bits per heavy atom. The van der Waals surface area contributed by atoms with Crippen LogP contribution in [0.25, 0.3) is 0 Å². The van der Waals surface area contributed by atoms with Gasteiger partial charge in [-0.15, -0.1) is 0 Å². The molecule has 0 radical (unpaired) electrons. The second-order valence-corrected chi connectivity index (χ2v) is 9.12. The highest BCUT2D eigenvalue weighted by Gasteiger charge is 2.41. The molecule has 0 aromatic heterocycles. The van der Waals surface area contributed by atoms with Crippen LogP contribution in [-0.2, 0) is 11.2 Å². The zero-order valence-corrected chi connectivity index (χ0v) is 18.4. The number of likely N-dealkylation sites (tertiary alicyclic amines) is 1. The summed E-state index contributed by atoms with van der Waals surface area (Å²) in [6.07, 6.45) is 7.59. The van der Waals surface area contributed by atoms with Gasteiger partial charge in [0.25, 0.3) is 0 Å². The molecule has 1 aliphatic heterocycles. The maximum Gasteiger partial charge on any atom is 0.411 e. The second-order valence-electron chi connectivity index (χ2n) is 9.12. The predicted molar refractivity (Wildman–Crippen MR) is 115 cm³/mol. The molecule has 29 heavy (non-hydrogen) atoms. The van der Waals surface area contributed by atoms with E-state index in [4.69, 9.17) is 4.74 Å². The SMILES string of the molecule is CCCCCCCCc1ccc(C(=O)[C@@H]2C[C@@H](O)CN2C(=O)OC(C)(C)C)cc1. The van der Waals surface area contributed by atoms with E-state index in [1.54, 1.807) is 20.8 Å². The molecule has 1 aromatic carbocycles. The molecule has 1 N–H and O–H groups in total. The van der Waals surface area contributed by atoms with Crippen LogP contribution >= 0.6 is 0 Å². The molecule has 0 aliphatic carbocycles. The number of nitrogens with zero attached hydrogens (tertiary/aromatic N) is 1. The first kappa shape index (κ1) is 23.4. The van der Waals surface area contributed by atoms with Gasteiger partial charge < -0.3 is 9.84 Å². The van der Waals surface area contributed by atoms with E-state index >= 15 is 0 Å². The van der Waals surface area contributed by atoms with E-state index in [1.165, 1.54) is 42.6 Å². The van der Waals surface area contributed by atoms with Crippen LogP contribution in [0.4, 0.5) is 4.79 Å². The maximum absolute atomic E-state index is 13.0. The first-order valence-electron chi connectivity index (χ1n) is 11.0. The van der Waals surface area contributed by atoms with Crippen molar-refractivity contribution in [2.75, 3.05) is 6.54 Å². The first-order chi connectivity index (χ1) is 13.7. The molecule has 1 amide bonds. The fraction of sp³-hybridized carbons (Fsp3) is 0.667. The normalized spacial score (nSPS) is 19.4. The summed E-state index contributed by atoms with van der Waals surface area (Å²) in [5.74, 6) is -0.140. The molecule has 0 unspecified atom stereocenters. The van der Waals surface area contributed by atoms with E-state index in [9.17, 15) is 14.7 Å². The quantitative estimate of drug-likeness (QED) is 0.458. The summed E-state index contributed by atoms with van der Waals surface area (Å²) < 4.78 is 5.41. The van der Waals surface area contributed by atoms with E-state index in [1.807, 2.05) is 24.3 Å². The molecule has 1 aromatic rings. The monoisotopic (exact) mass is 403 g/mol. The summed E-state index contributed by atoms with van der Waals surface area (Å²) in [7, 11) is 0. The number of Topliss-reactive ketones (excluding diaryl/α,β-unsaturated/α-hetero) is 1. The Labute approximate surface area is 175 Å². The van der Waals surface area contributed by atoms with E-state index < -0.39 is 23.8 Å². The van der Waals surface area contributed by atoms with Crippen molar-refractivity contribution in [2.24, 2.45) is 0 Å². The van der Waals surface area contributed by atoms with Crippen molar-refractivity contribution in [2.45, 2.75) is 96.8 Å². The molecule has 1 heterocycles. The van der Waals surface area contributed by atoms with Gasteiger partial charge in [-0.2, -0.15) is 0 Å². The van der Waals surface area contributed by atoms with Gasteiger partial charge in [-0.25, -0.2) is 4.79 Å². The Hall–Kier alpha value is -1.88. The molecule has 0 saturated carbocycles. The molecule has 2 rings (SSSR count). The molecule has 1 aliphatic rings. The number of benzene rings is 1. The van der Waals surface area contributed by atoms with Crippen LogP contribution in [0.15, 0.2) is 24.3 Å². The Balaban J connectivity index is 1.93. The van der Waals surface area contributed by atoms with Crippen molar-refractivity contribution >= 4 is 11.9 Å². The second kappa shape index (κ2) is 10.8. The highest BCUT2D eigenvalue weighted by atomic mass is 16.6. The Bertz CT molecular complexity index is 662. The number of carbonyl (C=O) groups is 2. The molecule has 1 fully saturated rings. The Morgan fingerprint density at radius 1 is 1.07 bits per heavy atom. The molecular formula is C24H37NO4. The molecule has 0 spiro atoms. The van der Waals surface area contributed by atoms with Gasteiger partial charge in [0.05, 0.1) is 12.6 Å². The molecule has 2 atom stereocenters. The highest BCUT2D eigenvalue weighted by molar-refractivity contribution is 6.01. The average Bonchev–Trinajstić information content (AvgIpc) is 3.05. The minimum absolute atomic E-state index is 0.126. The van der Waals surface area contributed by atoms with E-state index in [0.717, 1.165) is 12.8 Å². The molecule has 162 valence electrons. The van der Waals surface area contributed by atoms with Crippen LogP contribution < -0.4 is 0 Å². The Morgan fingerprint density at radius 2 is 1.69 bits per heavy atom. The number of carbonyl (C=O) groups excluding carboxylic acids is 2. The van der Waals surface area contributed by atoms with Crippen molar-refractivity contribution < 1.29 is 19.4 Å². The molecular weight excluding hydrogens is 366 g/mol. The summed E-state index contributed by atoms with van der Waals surface area (Å²) in [4.78, 5) is 26.8. The lowest BCUT2D eigenvalue weighted by Gasteiger charge is -2.27. The zero-order chi connectivity index (χ0) is 21.4. The van der Waals surface area contributed by atoms with Gasteiger partial charge in [-0.05, 0) is 39.2 Å². The third kappa shape index (κ3) is 7.46. The van der Waals surface area contributed by atoms with Crippen molar-refractivity contribution in [3.05, 3.63) is 35.4 Å². The van der Waals surface area contributed by atoms with Gasteiger partial charge in [-0.1, -0.05) is 63.3 Å². The number of rotatable bonds is 9. The number of hydrogen-bond acceptors (Lipinski definition) is 4. The number of aliphatic hydroxyl groups excluding tert-OH is 1. The van der Waals surface area contributed by atoms with Crippen molar-refractivity contribution in [3.63, 3.8) is 0 Å². The predicted octanol–water partition coefficient (Wildman–Crippen LogP) is 5.14. The number of aliphatic hydroxyl groups is 1. The number of unbranched alkanes of at least 4 members (excludes halogenated alkanes) is 5. The highest BCUT2D eigenvalue weighted by Crippen LogP contribution is 2.24. The fourth-order valence-corrected chi connectivity index (χ4v) is 3.72. The standard InChI is InChI=1S/C24H37NO4/c1-5-6-7-8-9-10-11-18-12-14-19(15-13-18)22(27)21-16-20(26)17-25(21)23(28)29-24(2,3)4/h12-15,20-21,26H,5-11,16-17H2,1-4H3/t20-,21+/m1/s1. The lowest BCUT2D eigenvalue weighted by atomic mass is 9.99. The van der Waals surface area contributed by atoms with Gasteiger partial charge >= 0.3 is 6.09 Å². The third-order valence-corrected chi connectivity index (χ3v) is 5.27. The van der Waals surface area contributed by atoms with Crippen molar-refractivity contribution in [1.82, 2.24) is 4.90 Å². The molecule has 5 nitrogen and oxygen atoms in total. The van der Waals surface area contributed by atoms with Gasteiger partial charge in [-0.3, -0.25) is 9.69 Å². The number of aryl methyl sites for hydroxylation is 1. The largest absolute Gasteiger partial charge is 0.444 e. The smallest absolute Gasteiger partial charge is 0.411 e. The number of amides is 1. The number of ether oxygens (including phenoxy) is 1. The third-order valence-electron chi connectivity index (χ3n) is 5.27. The van der Waals surface area contributed by atoms with Gasteiger partial charge in [0.1, 0.15) is 11.6 Å². The fourth-order valence-electron chi connectivity index (χ4n) is 3.72. The average molecular weight is 404 g/mol. The van der Waals surface area contributed by atoms with Crippen LogP contribution in [-0.4, -0.2) is 46.2 Å². The summed E-state index contributed by atoms with van der Waals surface area (Å²) >= 11 is 0. The van der Waals surface area contributed by atoms with Gasteiger partial charge in [0.2, 0.25) is 0 Å². The lowest BCUT2D eigenvalue weighted by molar-refractivity contribution is 0.0206. The summed E-state index contributed by atoms with van der Waals surface area (Å²) in [6.45, 7) is 7.72. The van der Waals surface area contributed by atoms with Crippen LogP contribution in [0.1, 0.15) is 88.6 Å². The minimum Gasteiger partial charge on any atom is -0.444 e. The molecule has 0 bridgehead atoms. The van der Waals surface area contributed by atoms with Crippen LogP contribution in [0.2, 0.25) is 0 Å². The summed E-state index contributed by atoms with van der Waals surface area (Å²) in [5.41, 5.74) is 1.16. The Kier molecular flexibility index (Phi) is 8.69. The van der Waals surface area contributed by atoms with Crippen molar-refractivity contribution in [3.8, 4) is 0 Å². The zero-order valence-electron chi connectivity index (χ0n) is 18.4. The van der Waals surface area contributed by atoms with E-state index in [2.05, 4.69) is 6.92 Å². The van der Waals surface area contributed by atoms with E-state index in [0.29, 0.717) is 5.56 Å². The van der Waals surface area contributed by atoms with Gasteiger partial charge in [0, 0.05) is 12.0 Å². The molecule has 1 saturated heterocycles. The van der Waals surface area contributed by atoms with Crippen LogP contribution in [0, 0.1) is 0 Å². The van der Waals surface area contributed by atoms with E-state index in [-0.39, 0.29) is 18.7 Å². The van der Waals surface area contributed by atoms with Gasteiger partial charge in [0.15, 0.2) is 5.78 Å². The number of hydrogen-bond donors (Lipinski definition) is 1. The molecule has 5 heteroatoms.